The van der Waals surface area contributed by atoms with Crippen molar-refractivity contribution in [3.8, 4) is 0 Å². The lowest BCUT2D eigenvalue weighted by atomic mass is 9.98. The van der Waals surface area contributed by atoms with Crippen molar-refractivity contribution in [1.82, 2.24) is 0 Å². The maximum absolute atomic E-state index is 10.4. The van der Waals surface area contributed by atoms with Crippen LogP contribution < -0.4 is 0 Å². The predicted molar refractivity (Wildman–Crippen MR) is 59.3 cm³/mol. The molecule has 0 aromatic rings. The van der Waals surface area contributed by atoms with E-state index < -0.39 is 0 Å². The Bertz CT molecular complexity index is 185. The second-order valence-corrected chi connectivity index (χ2v) is 3.91. The number of methoxy groups -OCH3 is 1. The van der Waals surface area contributed by atoms with E-state index in [1.54, 1.807) is 7.11 Å². The smallest absolute Gasteiger partial charge is 0.145 e. The van der Waals surface area contributed by atoms with E-state index >= 15 is 0 Å². The number of carbonyl (C=O) groups is 1. The van der Waals surface area contributed by atoms with Crippen LogP contribution in [0, 0.1) is 5.92 Å². The standard InChI is InChI=1S/C12H22O2/c1-5-10(2)8-12(14-4)7-6-11(3)9-13/h6,9-10,12H,5,7-8H2,1-4H3. The Labute approximate surface area is 87.3 Å². The van der Waals surface area contributed by atoms with Gasteiger partial charge in [0.2, 0.25) is 0 Å². The third-order valence-electron chi connectivity index (χ3n) is 2.58. The number of aldehydes is 1. The average molecular weight is 198 g/mol. The van der Waals surface area contributed by atoms with Crippen LogP contribution in [0.5, 0.6) is 0 Å². The molecule has 2 atom stereocenters. The van der Waals surface area contributed by atoms with E-state index in [9.17, 15) is 4.79 Å². The van der Waals surface area contributed by atoms with E-state index in [2.05, 4.69) is 13.8 Å². The van der Waals surface area contributed by atoms with Crippen LogP contribution in [0.4, 0.5) is 0 Å². The van der Waals surface area contributed by atoms with Gasteiger partial charge in [-0.25, -0.2) is 0 Å². The van der Waals surface area contributed by atoms with Gasteiger partial charge in [-0.3, -0.25) is 4.79 Å². The second-order valence-electron chi connectivity index (χ2n) is 3.91. The van der Waals surface area contributed by atoms with Gasteiger partial charge in [0, 0.05) is 7.11 Å². The van der Waals surface area contributed by atoms with Gasteiger partial charge < -0.3 is 4.74 Å². The van der Waals surface area contributed by atoms with Crippen molar-refractivity contribution in [3.63, 3.8) is 0 Å². The van der Waals surface area contributed by atoms with Crippen molar-refractivity contribution in [2.75, 3.05) is 7.11 Å². The molecule has 0 saturated heterocycles. The normalized spacial score (nSPS) is 16.4. The predicted octanol–water partition coefficient (Wildman–Crippen LogP) is 2.97. The van der Waals surface area contributed by atoms with Crippen LogP contribution in [-0.4, -0.2) is 19.5 Å². The van der Waals surface area contributed by atoms with Crippen molar-refractivity contribution in [1.29, 1.82) is 0 Å². The van der Waals surface area contributed by atoms with Crippen LogP contribution in [0.1, 0.15) is 40.0 Å². The molecule has 0 N–H and O–H groups in total. The molecule has 0 aromatic heterocycles. The molecule has 0 radical (unpaired) electrons. The minimum Gasteiger partial charge on any atom is -0.381 e. The summed E-state index contributed by atoms with van der Waals surface area (Å²) in [5.41, 5.74) is 0.788. The van der Waals surface area contributed by atoms with Crippen molar-refractivity contribution in [2.24, 2.45) is 5.92 Å². The summed E-state index contributed by atoms with van der Waals surface area (Å²) in [4.78, 5) is 10.4. The first kappa shape index (κ1) is 13.4. The molecule has 0 bridgehead atoms. The van der Waals surface area contributed by atoms with E-state index in [-0.39, 0.29) is 6.10 Å². The van der Waals surface area contributed by atoms with Crippen molar-refractivity contribution >= 4 is 6.29 Å². The maximum Gasteiger partial charge on any atom is 0.145 e. The molecular formula is C12H22O2. The Morgan fingerprint density at radius 2 is 2.14 bits per heavy atom. The Kier molecular flexibility index (Phi) is 7.40. The van der Waals surface area contributed by atoms with Gasteiger partial charge in [0.05, 0.1) is 6.10 Å². The SMILES string of the molecule is CCC(C)CC(CC=C(C)C=O)OC. The van der Waals surface area contributed by atoms with Crippen molar-refractivity contribution in [3.05, 3.63) is 11.6 Å². The summed E-state index contributed by atoms with van der Waals surface area (Å²) >= 11 is 0. The van der Waals surface area contributed by atoms with Gasteiger partial charge in [0.15, 0.2) is 0 Å². The third-order valence-corrected chi connectivity index (χ3v) is 2.58. The fourth-order valence-electron chi connectivity index (χ4n) is 1.27. The molecule has 2 heteroatoms. The van der Waals surface area contributed by atoms with E-state index in [1.807, 2.05) is 13.0 Å². The largest absolute Gasteiger partial charge is 0.381 e. The zero-order chi connectivity index (χ0) is 11.0. The summed E-state index contributed by atoms with van der Waals surface area (Å²) in [6.45, 7) is 6.23. The van der Waals surface area contributed by atoms with Gasteiger partial charge in [0.25, 0.3) is 0 Å². The Hall–Kier alpha value is -0.630. The van der Waals surface area contributed by atoms with Crippen LogP contribution in [0.15, 0.2) is 11.6 Å². The Balaban J connectivity index is 3.96. The van der Waals surface area contributed by atoms with Gasteiger partial charge in [-0.05, 0) is 31.3 Å². The van der Waals surface area contributed by atoms with E-state index in [0.717, 1.165) is 24.7 Å². The zero-order valence-electron chi connectivity index (χ0n) is 9.75. The maximum atomic E-state index is 10.4. The number of rotatable bonds is 7. The molecule has 82 valence electrons. The number of allylic oxidation sites excluding steroid dienone is 1. The number of ether oxygens (including phenoxy) is 1. The average Bonchev–Trinajstić information content (AvgIpc) is 2.22. The van der Waals surface area contributed by atoms with Gasteiger partial charge in [-0.1, -0.05) is 26.3 Å². The second kappa shape index (κ2) is 7.74. The molecular weight excluding hydrogens is 176 g/mol. The van der Waals surface area contributed by atoms with E-state index in [0.29, 0.717) is 5.92 Å². The molecule has 0 aliphatic rings. The molecule has 0 spiro atoms. The Morgan fingerprint density at radius 1 is 1.50 bits per heavy atom. The highest BCUT2D eigenvalue weighted by Gasteiger charge is 2.09. The number of carbonyl (C=O) groups excluding carboxylic acids is 1. The van der Waals surface area contributed by atoms with Gasteiger partial charge >= 0.3 is 0 Å². The summed E-state index contributed by atoms with van der Waals surface area (Å²) < 4.78 is 5.36. The number of hydrogen-bond donors (Lipinski definition) is 0. The topological polar surface area (TPSA) is 26.3 Å². The zero-order valence-corrected chi connectivity index (χ0v) is 9.75. The summed E-state index contributed by atoms with van der Waals surface area (Å²) in [7, 11) is 1.73. The molecule has 2 nitrogen and oxygen atoms in total. The number of hydrogen-bond acceptors (Lipinski definition) is 2. The van der Waals surface area contributed by atoms with E-state index in [1.165, 1.54) is 6.42 Å². The molecule has 0 rings (SSSR count). The van der Waals surface area contributed by atoms with E-state index in [4.69, 9.17) is 4.74 Å². The monoisotopic (exact) mass is 198 g/mol. The van der Waals surface area contributed by atoms with Crippen LogP contribution in [0.3, 0.4) is 0 Å². The highest BCUT2D eigenvalue weighted by molar-refractivity contribution is 5.71. The van der Waals surface area contributed by atoms with Gasteiger partial charge in [-0.15, -0.1) is 0 Å². The molecule has 0 heterocycles. The minimum atomic E-state index is 0.250. The first-order valence-corrected chi connectivity index (χ1v) is 5.28. The molecule has 0 amide bonds. The highest BCUT2D eigenvalue weighted by atomic mass is 16.5. The lowest BCUT2D eigenvalue weighted by Crippen LogP contribution is -2.13. The lowest BCUT2D eigenvalue weighted by molar-refractivity contribution is -0.104. The summed E-state index contributed by atoms with van der Waals surface area (Å²) in [5, 5.41) is 0. The van der Waals surface area contributed by atoms with Crippen molar-refractivity contribution in [2.45, 2.75) is 46.1 Å². The third kappa shape index (κ3) is 5.92. The lowest BCUT2D eigenvalue weighted by Gasteiger charge is -2.17. The fraction of sp³-hybridized carbons (Fsp3) is 0.750. The first-order chi connectivity index (χ1) is 6.63. The van der Waals surface area contributed by atoms with Gasteiger partial charge in [-0.2, -0.15) is 0 Å². The fourth-order valence-corrected chi connectivity index (χ4v) is 1.27. The van der Waals surface area contributed by atoms with Crippen LogP contribution in [0.2, 0.25) is 0 Å². The van der Waals surface area contributed by atoms with Gasteiger partial charge in [0.1, 0.15) is 6.29 Å². The molecule has 0 saturated carbocycles. The van der Waals surface area contributed by atoms with Crippen molar-refractivity contribution < 1.29 is 9.53 Å². The molecule has 14 heavy (non-hydrogen) atoms. The summed E-state index contributed by atoms with van der Waals surface area (Å²) in [5.74, 6) is 0.685. The van der Waals surface area contributed by atoms with Crippen LogP contribution in [0.25, 0.3) is 0 Å². The molecule has 0 fully saturated rings. The molecule has 2 unspecified atom stereocenters. The van der Waals surface area contributed by atoms with Crippen LogP contribution in [-0.2, 0) is 9.53 Å². The highest BCUT2D eigenvalue weighted by Crippen LogP contribution is 2.15. The molecule has 0 aliphatic carbocycles. The molecule has 0 aliphatic heterocycles. The minimum absolute atomic E-state index is 0.250. The first-order valence-electron chi connectivity index (χ1n) is 5.28. The Morgan fingerprint density at radius 3 is 2.57 bits per heavy atom. The quantitative estimate of drug-likeness (QED) is 0.464. The van der Waals surface area contributed by atoms with Crippen LogP contribution >= 0.6 is 0 Å². The molecule has 0 aromatic carbocycles. The summed E-state index contributed by atoms with van der Waals surface area (Å²) in [6, 6.07) is 0. The summed E-state index contributed by atoms with van der Waals surface area (Å²) in [6.07, 6.45) is 6.16.